The third-order valence-electron chi connectivity index (χ3n) is 1.79. The number of rotatable bonds is 1. The Morgan fingerprint density at radius 1 is 1.64 bits per heavy atom. The molecule has 0 aliphatic carbocycles. The van der Waals surface area contributed by atoms with E-state index in [1.54, 1.807) is 11.3 Å². The number of thioether (sulfide) groups is 1. The predicted octanol–water partition coefficient (Wildman–Crippen LogP) is 2.47. The molecule has 11 heavy (non-hydrogen) atoms. The summed E-state index contributed by atoms with van der Waals surface area (Å²) in [5.41, 5.74) is 1.43. The largest absolute Gasteiger partial charge is 0.298 e. The van der Waals surface area contributed by atoms with Gasteiger partial charge in [0.15, 0.2) is 0 Å². The highest BCUT2D eigenvalue weighted by Crippen LogP contribution is 2.33. The maximum absolute atomic E-state index is 3.53. The van der Waals surface area contributed by atoms with Crippen LogP contribution in [0, 0.1) is 0 Å². The van der Waals surface area contributed by atoms with Gasteiger partial charge in [0.25, 0.3) is 0 Å². The van der Waals surface area contributed by atoms with Gasteiger partial charge in [-0.3, -0.25) is 5.32 Å². The van der Waals surface area contributed by atoms with Gasteiger partial charge >= 0.3 is 0 Å². The highest BCUT2D eigenvalue weighted by Gasteiger charge is 2.21. The van der Waals surface area contributed by atoms with Crippen LogP contribution in [-0.2, 0) is 0 Å². The van der Waals surface area contributed by atoms with E-state index in [9.17, 15) is 0 Å². The van der Waals surface area contributed by atoms with Crippen molar-refractivity contribution in [2.24, 2.45) is 0 Å². The van der Waals surface area contributed by atoms with Crippen LogP contribution in [0.1, 0.15) is 17.9 Å². The molecule has 2 rings (SSSR count). The van der Waals surface area contributed by atoms with Crippen molar-refractivity contribution in [3.63, 3.8) is 0 Å². The van der Waals surface area contributed by atoms with Crippen LogP contribution in [0.15, 0.2) is 16.8 Å². The second kappa shape index (κ2) is 3.17. The van der Waals surface area contributed by atoms with Crippen LogP contribution >= 0.6 is 23.1 Å². The van der Waals surface area contributed by atoms with Gasteiger partial charge in [0.2, 0.25) is 0 Å². The number of thiophene rings is 1. The normalized spacial score (nSPS) is 31.0. The molecule has 1 aliphatic rings. The summed E-state index contributed by atoms with van der Waals surface area (Å²) >= 11 is 3.78. The van der Waals surface area contributed by atoms with Crippen LogP contribution < -0.4 is 5.32 Å². The lowest BCUT2D eigenvalue weighted by Gasteiger charge is -2.07. The second-order valence-corrected chi connectivity index (χ2v) is 4.76. The Balaban J connectivity index is 2.08. The molecule has 3 heteroatoms. The van der Waals surface area contributed by atoms with Crippen LogP contribution in [0.5, 0.6) is 0 Å². The molecule has 60 valence electrons. The summed E-state index contributed by atoms with van der Waals surface area (Å²) in [5, 5.41) is 8.44. The number of hydrogen-bond donors (Lipinski definition) is 1. The highest BCUT2D eigenvalue weighted by molar-refractivity contribution is 7.99. The fourth-order valence-electron chi connectivity index (χ4n) is 1.21. The summed E-state index contributed by atoms with van der Waals surface area (Å²) in [4.78, 5) is 0. The lowest BCUT2D eigenvalue weighted by atomic mass is 10.3. The molecule has 0 radical (unpaired) electrons. The van der Waals surface area contributed by atoms with Gasteiger partial charge in [-0.1, -0.05) is 0 Å². The monoisotopic (exact) mass is 185 g/mol. The van der Waals surface area contributed by atoms with Gasteiger partial charge in [-0.2, -0.15) is 11.3 Å². The molecule has 1 fully saturated rings. The summed E-state index contributed by atoms with van der Waals surface area (Å²) in [7, 11) is 0. The molecule has 0 amide bonds. The Morgan fingerprint density at radius 2 is 2.55 bits per heavy atom. The zero-order valence-electron chi connectivity index (χ0n) is 6.41. The standard InChI is InChI=1S/C8H11NS2/c1-6-4-11-8(9-6)7-2-3-10-5-7/h2-3,5-6,8-9H,4H2,1H3. The van der Waals surface area contributed by atoms with Gasteiger partial charge in [0, 0.05) is 11.8 Å². The third kappa shape index (κ3) is 1.60. The minimum absolute atomic E-state index is 0.552. The fraction of sp³-hybridized carbons (Fsp3) is 0.500. The van der Waals surface area contributed by atoms with Gasteiger partial charge in [-0.25, -0.2) is 0 Å². The van der Waals surface area contributed by atoms with Crippen molar-refractivity contribution < 1.29 is 0 Å². The van der Waals surface area contributed by atoms with E-state index in [1.165, 1.54) is 11.3 Å². The Kier molecular flexibility index (Phi) is 2.20. The lowest BCUT2D eigenvalue weighted by molar-refractivity contribution is 0.619. The number of hydrogen-bond acceptors (Lipinski definition) is 3. The Bertz CT molecular complexity index is 220. The van der Waals surface area contributed by atoms with Crippen LogP contribution in [0.3, 0.4) is 0 Å². The maximum atomic E-state index is 3.53. The van der Waals surface area contributed by atoms with Crippen molar-refractivity contribution in [1.29, 1.82) is 0 Å². The first-order chi connectivity index (χ1) is 5.36. The maximum Gasteiger partial charge on any atom is 0.0800 e. The van der Waals surface area contributed by atoms with E-state index in [0.29, 0.717) is 11.4 Å². The molecule has 1 nitrogen and oxygen atoms in total. The zero-order valence-corrected chi connectivity index (χ0v) is 8.04. The molecule has 1 N–H and O–H groups in total. The molecule has 0 bridgehead atoms. The molecule has 1 saturated heterocycles. The third-order valence-corrected chi connectivity index (χ3v) is 3.93. The Labute approximate surface area is 75.2 Å². The summed E-state index contributed by atoms with van der Waals surface area (Å²) in [6.07, 6.45) is 0. The number of nitrogens with one attached hydrogen (secondary N) is 1. The molecule has 2 atom stereocenters. The zero-order chi connectivity index (χ0) is 7.68. The van der Waals surface area contributed by atoms with E-state index in [-0.39, 0.29) is 0 Å². The van der Waals surface area contributed by atoms with E-state index in [2.05, 4.69) is 29.1 Å². The van der Waals surface area contributed by atoms with Crippen LogP contribution in [-0.4, -0.2) is 11.8 Å². The first-order valence-electron chi connectivity index (χ1n) is 3.76. The van der Waals surface area contributed by atoms with Gasteiger partial charge in [-0.05, 0) is 29.3 Å². The molecular weight excluding hydrogens is 174 g/mol. The Hall–Kier alpha value is 0.01000. The predicted molar refractivity (Wildman–Crippen MR) is 52.1 cm³/mol. The van der Waals surface area contributed by atoms with Gasteiger partial charge in [0.1, 0.15) is 0 Å². The first kappa shape index (κ1) is 7.65. The first-order valence-corrected chi connectivity index (χ1v) is 5.75. The van der Waals surface area contributed by atoms with Crippen molar-refractivity contribution in [3.8, 4) is 0 Å². The van der Waals surface area contributed by atoms with Gasteiger partial charge in [-0.15, -0.1) is 11.8 Å². The minimum Gasteiger partial charge on any atom is -0.298 e. The summed E-state index contributed by atoms with van der Waals surface area (Å²) in [5.74, 6) is 1.24. The van der Waals surface area contributed by atoms with Crippen LogP contribution in [0.2, 0.25) is 0 Å². The van der Waals surface area contributed by atoms with Gasteiger partial charge < -0.3 is 0 Å². The van der Waals surface area contributed by atoms with Crippen LogP contribution in [0.25, 0.3) is 0 Å². The van der Waals surface area contributed by atoms with Gasteiger partial charge in [0.05, 0.1) is 5.37 Å². The van der Waals surface area contributed by atoms with E-state index >= 15 is 0 Å². The molecule has 0 spiro atoms. The fourth-order valence-corrected chi connectivity index (χ4v) is 3.23. The van der Waals surface area contributed by atoms with Crippen molar-refractivity contribution in [2.45, 2.75) is 18.3 Å². The SMILES string of the molecule is CC1CSC(c2ccsc2)N1. The molecule has 1 aliphatic heterocycles. The average molecular weight is 185 g/mol. The molecule has 1 aromatic heterocycles. The van der Waals surface area contributed by atoms with Crippen molar-refractivity contribution in [3.05, 3.63) is 22.4 Å². The van der Waals surface area contributed by atoms with E-state index < -0.39 is 0 Å². The van der Waals surface area contributed by atoms with Crippen molar-refractivity contribution in [1.82, 2.24) is 5.32 Å². The van der Waals surface area contributed by atoms with Crippen molar-refractivity contribution >= 4 is 23.1 Å². The Morgan fingerprint density at radius 3 is 3.09 bits per heavy atom. The summed E-state index contributed by atoms with van der Waals surface area (Å²) in [6.45, 7) is 2.24. The minimum atomic E-state index is 0.552. The summed E-state index contributed by atoms with van der Waals surface area (Å²) < 4.78 is 0. The van der Waals surface area contributed by atoms with E-state index in [1.807, 2.05) is 11.8 Å². The second-order valence-electron chi connectivity index (χ2n) is 2.84. The molecule has 1 aromatic rings. The average Bonchev–Trinajstić information content (AvgIpc) is 2.55. The molecule has 0 aromatic carbocycles. The topological polar surface area (TPSA) is 12.0 Å². The lowest BCUT2D eigenvalue weighted by Crippen LogP contribution is -2.21. The van der Waals surface area contributed by atoms with E-state index in [4.69, 9.17) is 0 Å². The van der Waals surface area contributed by atoms with Crippen LogP contribution in [0.4, 0.5) is 0 Å². The quantitative estimate of drug-likeness (QED) is 0.721. The molecule has 0 saturated carbocycles. The summed E-state index contributed by atoms with van der Waals surface area (Å²) in [6, 6.07) is 2.87. The van der Waals surface area contributed by atoms with Crippen molar-refractivity contribution in [2.75, 3.05) is 5.75 Å². The highest BCUT2D eigenvalue weighted by atomic mass is 32.2. The molecule has 2 heterocycles. The molecular formula is C8H11NS2. The molecule has 2 unspecified atom stereocenters. The smallest absolute Gasteiger partial charge is 0.0800 e. The van der Waals surface area contributed by atoms with E-state index in [0.717, 1.165) is 0 Å².